The Morgan fingerprint density at radius 1 is 1.40 bits per heavy atom. The molecule has 1 aromatic heterocycles. The lowest BCUT2D eigenvalue weighted by Gasteiger charge is -1.94. The van der Waals surface area contributed by atoms with Gasteiger partial charge in [0.2, 0.25) is 6.41 Å². The molecular weight excluding hydrogens is 192 g/mol. The van der Waals surface area contributed by atoms with Gasteiger partial charge < -0.3 is 15.4 Å². The quantitative estimate of drug-likeness (QED) is 0.662. The molecule has 0 radical (unpaired) electrons. The lowest BCUT2D eigenvalue weighted by Crippen LogP contribution is -1.97. The molecule has 0 spiro atoms. The molecule has 76 valence electrons. The van der Waals surface area contributed by atoms with Crippen molar-refractivity contribution in [1.29, 1.82) is 0 Å². The number of aromatic amines is 1. The van der Waals surface area contributed by atoms with Gasteiger partial charge in [-0.1, -0.05) is 6.07 Å². The molecule has 0 fully saturated rings. The van der Waals surface area contributed by atoms with Gasteiger partial charge in [-0.05, 0) is 23.8 Å². The lowest BCUT2D eigenvalue weighted by molar-refractivity contribution is -0.108. The molecule has 15 heavy (non-hydrogen) atoms. The van der Waals surface area contributed by atoms with Gasteiger partial charge in [-0.25, -0.2) is 0 Å². The van der Waals surface area contributed by atoms with Gasteiger partial charge in [-0.3, -0.25) is 4.79 Å². The van der Waals surface area contributed by atoms with E-state index in [4.69, 9.17) is 0 Å². The van der Waals surface area contributed by atoms with E-state index in [1.54, 1.807) is 18.5 Å². The Hall–Kier alpha value is -2.23. The smallest absolute Gasteiger partial charge is 0.211 e. The van der Waals surface area contributed by atoms with Gasteiger partial charge in [-0.2, -0.15) is 0 Å². The maximum atomic E-state index is 10.0. The zero-order valence-electron chi connectivity index (χ0n) is 7.90. The fraction of sp³-hybridized carbons (Fsp3) is 0. The number of aromatic hydroxyl groups is 1. The summed E-state index contributed by atoms with van der Waals surface area (Å²) in [5, 5.41) is 12.6. The first-order chi connectivity index (χ1) is 7.31. The number of nitrogens with one attached hydrogen (secondary N) is 2. The van der Waals surface area contributed by atoms with Crippen LogP contribution >= 0.6 is 0 Å². The van der Waals surface area contributed by atoms with Crippen molar-refractivity contribution in [2.24, 2.45) is 0 Å². The monoisotopic (exact) mass is 202 g/mol. The van der Waals surface area contributed by atoms with Gasteiger partial charge >= 0.3 is 0 Å². The Kier molecular flexibility index (Phi) is 2.41. The Morgan fingerprint density at radius 3 is 3.07 bits per heavy atom. The largest absolute Gasteiger partial charge is 0.506 e. The number of rotatable bonds is 3. The number of carbonyl (C=O) groups excluding carboxylic acids is 1. The molecule has 3 N–H and O–H groups in total. The summed E-state index contributed by atoms with van der Waals surface area (Å²) in [5.41, 5.74) is 1.81. The van der Waals surface area contributed by atoms with Crippen molar-refractivity contribution in [2.75, 3.05) is 0 Å². The maximum absolute atomic E-state index is 10.0. The molecule has 0 saturated carbocycles. The van der Waals surface area contributed by atoms with Crippen molar-refractivity contribution in [1.82, 2.24) is 10.3 Å². The van der Waals surface area contributed by atoms with Crippen LogP contribution in [0.5, 0.6) is 5.75 Å². The third-order valence-electron chi connectivity index (χ3n) is 2.12. The molecule has 2 aromatic rings. The summed E-state index contributed by atoms with van der Waals surface area (Å²) in [4.78, 5) is 13.0. The van der Waals surface area contributed by atoms with Crippen LogP contribution in [0.2, 0.25) is 0 Å². The Balaban J connectivity index is 2.34. The third-order valence-corrected chi connectivity index (χ3v) is 2.12. The Labute approximate surface area is 86.2 Å². The molecule has 2 rings (SSSR count). The van der Waals surface area contributed by atoms with Crippen LogP contribution in [-0.4, -0.2) is 16.5 Å². The van der Waals surface area contributed by atoms with Crippen molar-refractivity contribution in [2.45, 2.75) is 0 Å². The second-order valence-electron chi connectivity index (χ2n) is 3.10. The van der Waals surface area contributed by atoms with Crippen LogP contribution in [0.4, 0.5) is 0 Å². The number of aromatic nitrogens is 1. The minimum atomic E-state index is 0.242. The number of fused-ring (bicyclic) bond motifs is 1. The van der Waals surface area contributed by atoms with Gasteiger partial charge in [0, 0.05) is 23.3 Å². The van der Waals surface area contributed by atoms with Crippen LogP contribution in [0, 0.1) is 0 Å². The standard InChI is InChI=1S/C11H10N2O2/c14-7-12-4-3-8-1-2-9-10(5-8)13-6-11(9)15/h1-7,13,15H,(H,12,14)/b4-3+. The average Bonchev–Trinajstić information content (AvgIpc) is 2.61. The predicted octanol–water partition coefficient (Wildman–Crippen LogP) is 1.59. The number of amides is 1. The van der Waals surface area contributed by atoms with Crippen LogP contribution in [0.1, 0.15) is 5.56 Å². The normalized spacial score (nSPS) is 10.9. The van der Waals surface area contributed by atoms with Crippen molar-refractivity contribution >= 4 is 23.4 Å². The summed E-state index contributed by atoms with van der Waals surface area (Å²) in [6.07, 6.45) is 5.47. The van der Waals surface area contributed by atoms with Crippen LogP contribution in [0.25, 0.3) is 17.0 Å². The number of benzene rings is 1. The predicted molar refractivity (Wildman–Crippen MR) is 58.2 cm³/mol. The molecule has 0 unspecified atom stereocenters. The van der Waals surface area contributed by atoms with E-state index in [9.17, 15) is 9.90 Å². The molecule has 0 bridgehead atoms. The van der Waals surface area contributed by atoms with Gasteiger partial charge in [0.25, 0.3) is 0 Å². The molecule has 0 saturated heterocycles. The van der Waals surface area contributed by atoms with Crippen LogP contribution < -0.4 is 5.32 Å². The fourth-order valence-corrected chi connectivity index (χ4v) is 1.42. The summed E-state index contributed by atoms with van der Waals surface area (Å²) in [7, 11) is 0. The van der Waals surface area contributed by atoms with Crippen molar-refractivity contribution < 1.29 is 9.90 Å². The van der Waals surface area contributed by atoms with E-state index in [0.717, 1.165) is 16.5 Å². The first-order valence-electron chi connectivity index (χ1n) is 4.47. The van der Waals surface area contributed by atoms with E-state index in [-0.39, 0.29) is 5.75 Å². The maximum Gasteiger partial charge on any atom is 0.211 e. The van der Waals surface area contributed by atoms with E-state index in [1.807, 2.05) is 18.2 Å². The van der Waals surface area contributed by atoms with Gasteiger partial charge in [0.05, 0.1) is 0 Å². The van der Waals surface area contributed by atoms with Gasteiger partial charge in [-0.15, -0.1) is 0 Å². The van der Waals surface area contributed by atoms with Crippen LogP contribution in [-0.2, 0) is 4.79 Å². The molecule has 0 aliphatic rings. The molecule has 1 heterocycles. The molecule has 4 nitrogen and oxygen atoms in total. The lowest BCUT2D eigenvalue weighted by atomic mass is 10.1. The van der Waals surface area contributed by atoms with E-state index in [1.165, 1.54) is 0 Å². The van der Waals surface area contributed by atoms with Crippen molar-refractivity contribution in [3.05, 3.63) is 36.2 Å². The first kappa shape index (κ1) is 9.33. The Morgan fingerprint density at radius 2 is 2.27 bits per heavy atom. The van der Waals surface area contributed by atoms with Crippen molar-refractivity contribution in [3.8, 4) is 5.75 Å². The van der Waals surface area contributed by atoms with Crippen LogP contribution in [0.15, 0.2) is 30.6 Å². The van der Waals surface area contributed by atoms with E-state index < -0.39 is 0 Å². The average molecular weight is 202 g/mol. The molecule has 4 heteroatoms. The zero-order chi connectivity index (χ0) is 10.7. The van der Waals surface area contributed by atoms with Crippen LogP contribution in [0.3, 0.4) is 0 Å². The summed E-state index contributed by atoms with van der Waals surface area (Å²) >= 11 is 0. The molecule has 0 atom stereocenters. The highest BCUT2D eigenvalue weighted by molar-refractivity contribution is 5.87. The fourth-order valence-electron chi connectivity index (χ4n) is 1.42. The molecule has 0 aliphatic carbocycles. The second-order valence-corrected chi connectivity index (χ2v) is 3.10. The Bertz CT molecular complexity index is 514. The highest BCUT2D eigenvalue weighted by atomic mass is 16.3. The van der Waals surface area contributed by atoms with Crippen molar-refractivity contribution in [3.63, 3.8) is 0 Å². The summed E-state index contributed by atoms with van der Waals surface area (Å²) in [5.74, 6) is 0.242. The van der Waals surface area contributed by atoms with E-state index in [0.29, 0.717) is 6.41 Å². The minimum Gasteiger partial charge on any atom is -0.506 e. The number of hydrogen-bond acceptors (Lipinski definition) is 2. The molecule has 1 amide bonds. The van der Waals surface area contributed by atoms with Gasteiger partial charge in [0.1, 0.15) is 5.75 Å². The topological polar surface area (TPSA) is 65.1 Å². The highest BCUT2D eigenvalue weighted by Gasteiger charge is 2.00. The summed E-state index contributed by atoms with van der Waals surface area (Å²) < 4.78 is 0. The number of H-pyrrole nitrogens is 1. The van der Waals surface area contributed by atoms with E-state index in [2.05, 4.69) is 10.3 Å². The summed E-state index contributed by atoms with van der Waals surface area (Å²) in [6.45, 7) is 0. The number of hydrogen-bond donors (Lipinski definition) is 3. The SMILES string of the molecule is O=CN/C=C/c1ccc2c(O)c[nH]c2c1. The van der Waals surface area contributed by atoms with E-state index >= 15 is 0 Å². The third kappa shape index (κ3) is 1.83. The molecule has 1 aromatic carbocycles. The molecule has 0 aliphatic heterocycles. The second kappa shape index (κ2) is 3.88. The first-order valence-corrected chi connectivity index (χ1v) is 4.47. The van der Waals surface area contributed by atoms with Gasteiger partial charge in [0.15, 0.2) is 0 Å². The number of carbonyl (C=O) groups is 1. The summed E-state index contributed by atoms with van der Waals surface area (Å²) in [6, 6.07) is 5.57. The molecular formula is C11H10N2O2. The zero-order valence-corrected chi connectivity index (χ0v) is 7.90. The minimum absolute atomic E-state index is 0.242. The highest BCUT2D eigenvalue weighted by Crippen LogP contribution is 2.24.